The number of amides is 1. The second kappa shape index (κ2) is 6.73. The first kappa shape index (κ1) is 14.8. The fraction of sp³-hybridized carbons (Fsp3) is 0.200. The quantitative estimate of drug-likeness (QED) is 0.650. The predicted molar refractivity (Wildman–Crippen MR) is 83.4 cm³/mol. The van der Waals surface area contributed by atoms with Gasteiger partial charge in [0.2, 0.25) is 5.82 Å². The molecule has 3 aromatic rings. The van der Waals surface area contributed by atoms with Gasteiger partial charge < -0.3 is 9.88 Å². The molecule has 0 spiro atoms. The van der Waals surface area contributed by atoms with Gasteiger partial charge in [-0.3, -0.25) is 9.78 Å². The molecule has 118 valence electrons. The normalized spacial score (nSPS) is 10.6. The second-order valence-electron chi connectivity index (χ2n) is 4.94. The Kier molecular flexibility index (Phi) is 4.32. The number of aromatic nitrogens is 5. The minimum absolute atomic E-state index is 0.00137. The number of aromatic amines is 1. The lowest BCUT2D eigenvalue weighted by Crippen LogP contribution is -2.26. The number of hydrogen-bond donors (Lipinski definition) is 2. The van der Waals surface area contributed by atoms with E-state index in [9.17, 15) is 9.59 Å². The zero-order valence-electron chi connectivity index (χ0n) is 12.3. The molecular weight excluding hydrogens is 296 g/mol. The predicted octanol–water partition coefficient (Wildman–Crippen LogP) is 0.577. The summed E-state index contributed by atoms with van der Waals surface area (Å²) in [6, 6.07) is 8.93. The van der Waals surface area contributed by atoms with E-state index < -0.39 is 11.6 Å². The summed E-state index contributed by atoms with van der Waals surface area (Å²) in [5, 5.41) is 6.76. The van der Waals surface area contributed by atoms with Crippen LogP contribution in [0, 0.1) is 0 Å². The number of rotatable bonds is 6. The van der Waals surface area contributed by atoms with Gasteiger partial charge in [-0.1, -0.05) is 18.2 Å². The number of H-pyrrole nitrogens is 1. The first-order valence-corrected chi connectivity index (χ1v) is 7.23. The van der Waals surface area contributed by atoms with E-state index >= 15 is 0 Å². The van der Waals surface area contributed by atoms with Crippen LogP contribution in [0.4, 0.5) is 0 Å². The standard InChI is InChI=1S/C15H16N6O2/c22-14(17-7-4-9-20-10-8-16-11-20)13-18-15(23)21(19-13)12-5-2-1-3-6-12/h1-3,5-6,8,10-11H,4,7,9H2,(H,17,22)(H,18,19,23). The van der Waals surface area contributed by atoms with Crippen LogP contribution in [0.15, 0.2) is 53.8 Å². The van der Waals surface area contributed by atoms with E-state index in [0.717, 1.165) is 13.0 Å². The van der Waals surface area contributed by atoms with Gasteiger partial charge in [0.1, 0.15) is 0 Å². The van der Waals surface area contributed by atoms with E-state index in [4.69, 9.17) is 0 Å². The van der Waals surface area contributed by atoms with Crippen molar-refractivity contribution in [2.24, 2.45) is 0 Å². The Morgan fingerprint density at radius 1 is 1.26 bits per heavy atom. The molecule has 1 amide bonds. The SMILES string of the molecule is O=C(NCCCn1ccnc1)c1nn(-c2ccccc2)c(=O)[nH]1. The molecule has 3 rings (SSSR count). The van der Waals surface area contributed by atoms with E-state index in [1.807, 2.05) is 16.8 Å². The summed E-state index contributed by atoms with van der Waals surface area (Å²) in [6.07, 6.45) is 6.05. The summed E-state index contributed by atoms with van der Waals surface area (Å²) in [6.45, 7) is 1.24. The average Bonchev–Trinajstić information content (AvgIpc) is 3.22. The van der Waals surface area contributed by atoms with E-state index in [1.54, 1.807) is 36.8 Å². The van der Waals surface area contributed by atoms with Gasteiger partial charge >= 0.3 is 5.69 Å². The van der Waals surface area contributed by atoms with Gasteiger partial charge in [-0.2, -0.15) is 4.68 Å². The third-order valence-corrected chi connectivity index (χ3v) is 3.27. The Balaban J connectivity index is 1.59. The van der Waals surface area contributed by atoms with Crippen molar-refractivity contribution in [2.45, 2.75) is 13.0 Å². The Bertz CT molecular complexity index is 819. The van der Waals surface area contributed by atoms with Crippen molar-refractivity contribution in [2.75, 3.05) is 6.54 Å². The first-order valence-electron chi connectivity index (χ1n) is 7.23. The minimum Gasteiger partial charge on any atom is -0.349 e. The molecule has 0 radical (unpaired) electrons. The highest BCUT2D eigenvalue weighted by Crippen LogP contribution is 2.02. The smallest absolute Gasteiger partial charge is 0.348 e. The van der Waals surface area contributed by atoms with Gasteiger partial charge in [0, 0.05) is 25.5 Å². The van der Waals surface area contributed by atoms with E-state index in [0.29, 0.717) is 12.2 Å². The van der Waals surface area contributed by atoms with Crippen LogP contribution in [0.1, 0.15) is 17.0 Å². The molecule has 0 fully saturated rings. The van der Waals surface area contributed by atoms with Crippen molar-refractivity contribution >= 4 is 5.91 Å². The van der Waals surface area contributed by atoms with Crippen LogP contribution >= 0.6 is 0 Å². The van der Waals surface area contributed by atoms with Crippen LogP contribution in [0.5, 0.6) is 0 Å². The van der Waals surface area contributed by atoms with Gasteiger partial charge in [0.05, 0.1) is 12.0 Å². The lowest BCUT2D eigenvalue weighted by Gasteiger charge is -2.03. The topological polar surface area (TPSA) is 97.6 Å². The van der Waals surface area contributed by atoms with Crippen LogP contribution in [0.3, 0.4) is 0 Å². The maximum Gasteiger partial charge on any atom is 0.348 e. The van der Waals surface area contributed by atoms with Crippen LogP contribution < -0.4 is 11.0 Å². The lowest BCUT2D eigenvalue weighted by molar-refractivity contribution is 0.0942. The number of hydrogen-bond acceptors (Lipinski definition) is 4. The Morgan fingerprint density at radius 3 is 2.83 bits per heavy atom. The fourth-order valence-corrected chi connectivity index (χ4v) is 2.14. The summed E-state index contributed by atoms with van der Waals surface area (Å²) in [7, 11) is 0. The molecule has 8 nitrogen and oxygen atoms in total. The van der Waals surface area contributed by atoms with Crippen molar-refractivity contribution < 1.29 is 4.79 Å². The van der Waals surface area contributed by atoms with E-state index in [-0.39, 0.29) is 5.82 Å². The van der Waals surface area contributed by atoms with Gasteiger partial charge in [-0.15, -0.1) is 5.10 Å². The first-order chi connectivity index (χ1) is 11.2. The molecule has 0 atom stereocenters. The lowest BCUT2D eigenvalue weighted by atomic mass is 10.3. The maximum absolute atomic E-state index is 12.0. The van der Waals surface area contributed by atoms with Crippen LogP contribution in [0.2, 0.25) is 0 Å². The van der Waals surface area contributed by atoms with Crippen molar-refractivity contribution in [1.82, 2.24) is 29.6 Å². The Hall–Kier alpha value is -3.16. The molecule has 0 aliphatic carbocycles. The largest absolute Gasteiger partial charge is 0.349 e. The number of carbonyl (C=O) groups is 1. The molecule has 0 unspecified atom stereocenters. The fourth-order valence-electron chi connectivity index (χ4n) is 2.14. The highest BCUT2D eigenvalue weighted by Gasteiger charge is 2.13. The highest BCUT2D eigenvalue weighted by molar-refractivity contribution is 5.90. The van der Waals surface area contributed by atoms with E-state index in [1.165, 1.54) is 4.68 Å². The number of carbonyl (C=O) groups excluding carboxylic acids is 1. The monoisotopic (exact) mass is 312 g/mol. The van der Waals surface area contributed by atoms with Gasteiger partial charge in [-0.05, 0) is 18.6 Å². The summed E-state index contributed by atoms with van der Waals surface area (Å²) in [5.74, 6) is -0.399. The van der Waals surface area contributed by atoms with Crippen molar-refractivity contribution in [3.05, 3.63) is 65.4 Å². The highest BCUT2D eigenvalue weighted by atomic mass is 16.2. The number of imidazole rings is 1. The maximum atomic E-state index is 12.0. The summed E-state index contributed by atoms with van der Waals surface area (Å²) >= 11 is 0. The van der Waals surface area contributed by atoms with Crippen molar-refractivity contribution in [3.63, 3.8) is 0 Å². The van der Waals surface area contributed by atoms with E-state index in [2.05, 4.69) is 20.4 Å². The number of nitrogens with one attached hydrogen (secondary N) is 2. The summed E-state index contributed by atoms with van der Waals surface area (Å²) in [5.41, 5.74) is 0.160. The molecule has 2 aromatic heterocycles. The minimum atomic E-state index is -0.445. The second-order valence-corrected chi connectivity index (χ2v) is 4.94. The number of para-hydroxylation sites is 1. The average molecular weight is 312 g/mol. The van der Waals surface area contributed by atoms with Gasteiger partial charge in [0.15, 0.2) is 0 Å². The van der Waals surface area contributed by atoms with Gasteiger partial charge in [-0.25, -0.2) is 9.78 Å². The molecule has 0 aliphatic heterocycles. The van der Waals surface area contributed by atoms with Crippen molar-refractivity contribution in [1.29, 1.82) is 0 Å². The van der Waals surface area contributed by atoms with Crippen LogP contribution in [0.25, 0.3) is 5.69 Å². The summed E-state index contributed by atoms with van der Waals surface area (Å²) < 4.78 is 3.10. The van der Waals surface area contributed by atoms with Crippen molar-refractivity contribution in [3.8, 4) is 5.69 Å². The van der Waals surface area contributed by atoms with Crippen LogP contribution in [-0.2, 0) is 6.54 Å². The zero-order valence-corrected chi connectivity index (χ0v) is 12.3. The number of nitrogens with zero attached hydrogens (tertiary/aromatic N) is 4. The Labute approximate surface area is 131 Å². The molecule has 0 bridgehead atoms. The molecule has 23 heavy (non-hydrogen) atoms. The molecular formula is C15H16N6O2. The molecule has 2 N–H and O–H groups in total. The Morgan fingerprint density at radius 2 is 2.09 bits per heavy atom. The molecule has 2 heterocycles. The molecule has 1 aromatic carbocycles. The summed E-state index contributed by atoms with van der Waals surface area (Å²) in [4.78, 5) is 30.3. The third-order valence-electron chi connectivity index (χ3n) is 3.27. The molecule has 8 heteroatoms. The molecule has 0 saturated heterocycles. The molecule has 0 aliphatic rings. The van der Waals surface area contributed by atoms with Gasteiger partial charge in [0.25, 0.3) is 5.91 Å². The molecule has 0 saturated carbocycles. The number of benzene rings is 1. The van der Waals surface area contributed by atoms with Crippen LogP contribution in [-0.4, -0.2) is 36.8 Å². The third kappa shape index (κ3) is 3.54. The zero-order chi connectivity index (χ0) is 16.1. The number of aryl methyl sites for hydroxylation is 1.